The van der Waals surface area contributed by atoms with Crippen LogP contribution in [0.2, 0.25) is 0 Å². The summed E-state index contributed by atoms with van der Waals surface area (Å²) in [5, 5.41) is 9.64. The molecule has 0 fully saturated rings. The van der Waals surface area contributed by atoms with Crippen LogP contribution in [0, 0.1) is 5.82 Å². The Morgan fingerprint density at radius 2 is 2.09 bits per heavy atom. The molecule has 0 aliphatic carbocycles. The summed E-state index contributed by atoms with van der Waals surface area (Å²) in [7, 11) is 0. The van der Waals surface area contributed by atoms with E-state index in [0.29, 0.717) is 10.9 Å². The number of rotatable bonds is 1. The molecular weight excluding hydrogens is 279 g/mol. The van der Waals surface area contributed by atoms with Gasteiger partial charge in [0.15, 0.2) is 0 Å². The summed E-state index contributed by atoms with van der Waals surface area (Å²) >= 11 is 6.08. The van der Waals surface area contributed by atoms with Crippen molar-refractivity contribution in [3.63, 3.8) is 0 Å². The molecule has 0 unspecified atom stereocenters. The van der Waals surface area contributed by atoms with Gasteiger partial charge in [-0.05, 0) is 28.1 Å². The van der Waals surface area contributed by atoms with Crippen LogP contribution < -0.4 is 0 Å². The number of hydrogen-bond donors (Lipinski definition) is 1. The highest BCUT2D eigenvalue weighted by Crippen LogP contribution is 2.26. The lowest BCUT2D eigenvalue weighted by atomic mass is 10.2. The fourth-order valence-electron chi connectivity index (χ4n) is 0.685. The van der Waals surface area contributed by atoms with Crippen molar-refractivity contribution in [1.82, 2.24) is 0 Å². The number of aromatic hydroxyl groups is 1. The molecule has 11 heavy (non-hydrogen) atoms. The molecule has 0 radical (unpaired) electrons. The van der Waals surface area contributed by atoms with Gasteiger partial charge in [0, 0.05) is 10.9 Å². The monoisotopic (exact) mass is 282 g/mol. The molecule has 0 heterocycles. The van der Waals surface area contributed by atoms with E-state index < -0.39 is 0 Å². The topological polar surface area (TPSA) is 20.2 Å². The molecule has 0 aliphatic heterocycles. The summed E-state index contributed by atoms with van der Waals surface area (Å²) in [6, 6.07) is 2.63. The maximum Gasteiger partial charge on any atom is 0.137 e. The van der Waals surface area contributed by atoms with E-state index in [9.17, 15) is 9.50 Å². The number of hydrogen-bond acceptors (Lipinski definition) is 1. The van der Waals surface area contributed by atoms with Gasteiger partial charge < -0.3 is 5.11 Å². The van der Waals surface area contributed by atoms with Gasteiger partial charge in [-0.15, -0.1) is 0 Å². The van der Waals surface area contributed by atoms with Crippen LogP contribution in [0.25, 0.3) is 0 Å². The Hall–Kier alpha value is -0.0900. The van der Waals surface area contributed by atoms with Crippen LogP contribution in [0.3, 0.4) is 0 Å². The Morgan fingerprint density at radius 3 is 2.64 bits per heavy atom. The third kappa shape index (κ3) is 1.93. The molecule has 0 saturated carbocycles. The number of halogens is 3. The van der Waals surface area contributed by atoms with Gasteiger partial charge in [0.2, 0.25) is 0 Å². The summed E-state index contributed by atoms with van der Waals surface area (Å²) in [5.74, 6) is -0.271. The van der Waals surface area contributed by atoms with E-state index in [0.717, 1.165) is 0 Å². The largest absolute Gasteiger partial charge is 0.508 e. The Bertz CT molecular complexity index is 275. The van der Waals surface area contributed by atoms with Crippen molar-refractivity contribution in [2.75, 3.05) is 0 Å². The predicted octanol–water partition coefficient (Wildman–Crippen LogP) is 3.19. The highest BCUT2D eigenvalue weighted by atomic mass is 79.9. The van der Waals surface area contributed by atoms with Crippen molar-refractivity contribution >= 4 is 31.9 Å². The van der Waals surface area contributed by atoms with E-state index in [4.69, 9.17) is 0 Å². The first kappa shape index (κ1) is 9.00. The molecule has 1 aromatic carbocycles. The maximum atomic E-state index is 12.8. The third-order valence-electron chi connectivity index (χ3n) is 1.27. The van der Waals surface area contributed by atoms with Gasteiger partial charge in [-0.2, -0.15) is 0 Å². The standard InChI is InChI=1S/C7H5Br2FO/c8-3-4-1-6(10)5(9)2-7(4)11/h1-2,11H,3H2. The normalized spacial score (nSPS) is 10.1. The molecule has 0 bridgehead atoms. The highest BCUT2D eigenvalue weighted by molar-refractivity contribution is 9.10. The number of alkyl halides is 1. The Balaban J connectivity index is 3.21. The molecule has 0 saturated heterocycles. The summed E-state index contributed by atoms with van der Waals surface area (Å²) < 4.78 is 13.0. The highest BCUT2D eigenvalue weighted by Gasteiger charge is 2.05. The molecule has 1 N–H and O–H groups in total. The second-order valence-electron chi connectivity index (χ2n) is 2.03. The predicted molar refractivity (Wildman–Crippen MR) is 48.4 cm³/mol. The minimum Gasteiger partial charge on any atom is -0.508 e. The minimum atomic E-state index is -0.364. The minimum absolute atomic E-state index is 0.0927. The number of phenols is 1. The molecule has 0 spiro atoms. The van der Waals surface area contributed by atoms with Crippen LogP contribution in [0.4, 0.5) is 4.39 Å². The summed E-state index contributed by atoms with van der Waals surface area (Å²) in [6.45, 7) is 0. The Kier molecular flexibility index (Phi) is 2.90. The lowest BCUT2D eigenvalue weighted by molar-refractivity contribution is 0.467. The summed E-state index contributed by atoms with van der Waals surface area (Å²) in [6.07, 6.45) is 0. The molecule has 1 aromatic rings. The zero-order valence-corrected chi connectivity index (χ0v) is 8.61. The van der Waals surface area contributed by atoms with Gasteiger partial charge in [-0.1, -0.05) is 15.9 Å². The van der Waals surface area contributed by atoms with E-state index in [1.165, 1.54) is 12.1 Å². The van der Waals surface area contributed by atoms with Gasteiger partial charge in [0.25, 0.3) is 0 Å². The van der Waals surface area contributed by atoms with Crippen molar-refractivity contribution in [3.05, 3.63) is 28.0 Å². The molecule has 0 aromatic heterocycles. The van der Waals surface area contributed by atoms with Crippen molar-refractivity contribution in [2.24, 2.45) is 0 Å². The second-order valence-corrected chi connectivity index (χ2v) is 3.44. The zero-order chi connectivity index (χ0) is 8.43. The molecular formula is C7H5Br2FO. The molecule has 0 atom stereocenters. The van der Waals surface area contributed by atoms with Gasteiger partial charge in [0.1, 0.15) is 11.6 Å². The first-order valence-electron chi connectivity index (χ1n) is 2.88. The average Bonchev–Trinajstić information content (AvgIpc) is 1.97. The van der Waals surface area contributed by atoms with Crippen LogP contribution in [0.5, 0.6) is 5.75 Å². The molecule has 4 heteroatoms. The fraction of sp³-hybridized carbons (Fsp3) is 0.143. The first-order chi connectivity index (χ1) is 5.15. The van der Waals surface area contributed by atoms with Gasteiger partial charge in [0.05, 0.1) is 4.47 Å². The van der Waals surface area contributed by atoms with Crippen molar-refractivity contribution < 1.29 is 9.50 Å². The van der Waals surface area contributed by atoms with Crippen LogP contribution in [-0.4, -0.2) is 5.11 Å². The summed E-state index contributed by atoms with van der Waals surface area (Å²) in [5.41, 5.74) is 0.547. The van der Waals surface area contributed by atoms with Gasteiger partial charge >= 0.3 is 0 Å². The van der Waals surface area contributed by atoms with Crippen LogP contribution >= 0.6 is 31.9 Å². The average molecular weight is 284 g/mol. The van der Waals surface area contributed by atoms with E-state index in [1.54, 1.807) is 0 Å². The van der Waals surface area contributed by atoms with E-state index in [1.807, 2.05) is 0 Å². The smallest absolute Gasteiger partial charge is 0.137 e. The van der Waals surface area contributed by atoms with Crippen LogP contribution in [0.1, 0.15) is 5.56 Å². The van der Waals surface area contributed by atoms with E-state index in [-0.39, 0.29) is 16.0 Å². The first-order valence-corrected chi connectivity index (χ1v) is 4.79. The zero-order valence-electron chi connectivity index (χ0n) is 5.44. The van der Waals surface area contributed by atoms with Crippen LogP contribution in [-0.2, 0) is 5.33 Å². The molecule has 1 rings (SSSR count). The van der Waals surface area contributed by atoms with Crippen molar-refractivity contribution in [2.45, 2.75) is 5.33 Å². The molecule has 60 valence electrons. The fourth-order valence-corrected chi connectivity index (χ4v) is 1.46. The van der Waals surface area contributed by atoms with E-state index >= 15 is 0 Å². The lowest BCUT2D eigenvalue weighted by Crippen LogP contribution is -1.83. The molecule has 0 amide bonds. The van der Waals surface area contributed by atoms with Crippen molar-refractivity contribution in [1.29, 1.82) is 0 Å². The number of phenolic OH excluding ortho intramolecular Hbond substituents is 1. The van der Waals surface area contributed by atoms with Crippen molar-refractivity contribution in [3.8, 4) is 5.75 Å². The maximum absolute atomic E-state index is 12.8. The van der Waals surface area contributed by atoms with Gasteiger partial charge in [-0.25, -0.2) is 4.39 Å². The lowest BCUT2D eigenvalue weighted by Gasteiger charge is -2.01. The summed E-state index contributed by atoms with van der Waals surface area (Å²) in [4.78, 5) is 0. The Morgan fingerprint density at radius 1 is 1.45 bits per heavy atom. The number of benzene rings is 1. The van der Waals surface area contributed by atoms with Crippen LogP contribution in [0.15, 0.2) is 16.6 Å². The molecule has 0 aliphatic rings. The molecule has 1 nitrogen and oxygen atoms in total. The quantitative estimate of drug-likeness (QED) is 0.785. The van der Waals surface area contributed by atoms with Gasteiger partial charge in [-0.3, -0.25) is 0 Å². The third-order valence-corrected chi connectivity index (χ3v) is 2.48. The SMILES string of the molecule is Oc1cc(Br)c(F)cc1CBr. The second kappa shape index (κ2) is 3.54. The van der Waals surface area contributed by atoms with E-state index in [2.05, 4.69) is 31.9 Å². The Labute approximate surface area is 80.5 Å².